The lowest BCUT2D eigenvalue weighted by molar-refractivity contribution is -0.108. The molecule has 4 nitrogen and oxygen atoms in total. The van der Waals surface area contributed by atoms with Gasteiger partial charge in [-0.05, 0) is 11.1 Å². The van der Waals surface area contributed by atoms with E-state index >= 15 is 0 Å². The van der Waals surface area contributed by atoms with Crippen LogP contribution in [0.15, 0.2) is 60.7 Å². The number of benzene rings is 2. The zero-order chi connectivity index (χ0) is 16.9. The van der Waals surface area contributed by atoms with Gasteiger partial charge in [0.1, 0.15) is 11.5 Å². The molecule has 0 radical (unpaired) electrons. The Labute approximate surface area is 137 Å². The van der Waals surface area contributed by atoms with Gasteiger partial charge in [0.05, 0.1) is 0 Å². The molecule has 0 N–H and O–H groups in total. The minimum absolute atomic E-state index is 0.149. The molecule has 0 saturated carbocycles. The Morgan fingerprint density at radius 2 is 1.39 bits per heavy atom. The zero-order valence-corrected chi connectivity index (χ0v) is 14.1. The Kier molecular flexibility index (Phi) is 5.69. The van der Waals surface area contributed by atoms with Gasteiger partial charge >= 0.3 is 0 Å². The first kappa shape index (κ1) is 17.4. The van der Waals surface area contributed by atoms with Crippen LogP contribution in [0, 0.1) is 0 Å². The van der Waals surface area contributed by atoms with Crippen molar-refractivity contribution in [1.29, 1.82) is 0 Å². The van der Waals surface area contributed by atoms with E-state index < -0.39 is 21.2 Å². The number of aldehydes is 1. The summed E-state index contributed by atoms with van der Waals surface area (Å²) in [6, 6.07) is 18.4. The number of nitrogens with zero attached hydrogens (tertiary/aromatic N) is 1. The fourth-order valence-electron chi connectivity index (χ4n) is 2.72. The molecule has 0 fully saturated rings. The number of sulfonamides is 1. The Morgan fingerprint density at radius 3 is 1.83 bits per heavy atom. The third-order valence-electron chi connectivity index (χ3n) is 3.90. The van der Waals surface area contributed by atoms with Crippen molar-refractivity contribution in [2.75, 3.05) is 14.1 Å². The van der Waals surface area contributed by atoms with E-state index in [2.05, 4.69) is 0 Å². The third kappa shape index (κ3) is 3.86. The van der Waals surface area contributed by atoms with Gasteiger partial charge in [0.15, 0.2) is 0 Å². The Hall–Kier alpha value is -1.98. The molecule has 23 heavy (non-hydrogen) atoms. The van der Waals surface area contributed by atoms with Crippen LogP contribution < -0.4 is 0 Å². The molecule has 2 aromatic rings. The summed E-state index contributed by atoms with van der Waals surface area (Å²) in [6.45, 7) is 0. The molecule has 2 aromatic carbocycles. The molecule has 0 aromatic heterocycles. The number of carbonyl (C=O) groups is 1. The van der Waals surface area contributed by atoms with Crippen LogP contribution in [0.4, 0.5) is 0 Å². The van der Waals surface area contributed by atoms with Crippen LogP contribution in [0.1, 0.15) is 28.7 Å². The van der Waals surface area contributed by atoms with Crippen molar-refractivity contribution >= 4 is 16.3 Å². The van der Waals surface area contributed by atoms with Gasteiger partial charge < -0.3 is 4.79 Å². The summed E-state index contributed by atoms with van der Waals surface area (Å²) in [5.74, 6) is -0.427. The molecule has 0 spiro atoms. The van der Waals surface area contributed by atoms with Crippen molar-refractivity contribution in [1.82, 2.24) is 4.31 Å². The van der Waals surface area contributed by atoms with E-state index in [1.165, 1.54) is 18.4 Å². The van der Waals surface area contributed by atoms with E-state index in [-0.39, 0.29) is 6.42 Å². The molecule has 122 valence electrons. The fourth-order valence-corrected chi connectivity index (χ4v) is 4.36. The Morgan fingerprint density at radius 1 is 0.913 bits per heavy atom. The van der Waals surface area contributed by atoms with Gasteiger partial charge in [-0.15, -0.1) is 0 Å². The highest BCUT2D eigenvalue weighted by Crippen LogP contribution is 2.40. The smallest absolute Gasteiger partial charge is 0.221 e. The van der Waals surface area contributed by atoms with Crippen molar-refractivity contribution < 1.29 is 13.2 Å². The van der Waals surface area contributed by atoms with E-state index in [0.717, 1.165) is 11.8 Å². The maximum absolute atomic E-state index is 12.9. The molecular weight excluding hydrogens is 310 g/mol. The molecule has 0 aliphatic heterocycles. The predicted octanol–water partition coefficient (Wildman–Crippen LogP) is 2.99. The zero-order valence-electron chi connectivity index (χ0n) is 13.3. The highest BCUT2D eigenvalue weighted by atomic mass is 32.2. The standard InChI is InChI=1S/C18H21NO3S/c1-19(2)23(21,22)18(16-11-7-4-8-12-16)17(13-14-20)15-9-5-3-6-10-15/h3-12,14,17-18H,13H2,1-2H3. The van der Waals surface area contributed by atoms with Crippen molar-refractivity contribution in [3.05, 3.63) is 71.8 Å². The first-order valence-corrected chi connectivity index (χ1v) is 8.93. The predicted molar refractivity (Wildman–Crippen MR) is 91.7 cm³/mol. The van der Waals surface area contributed by atoms with Crippen molar-refractivity contribution in [3.63, 3.8) is 0 Å². The molecule has 0 bridgehead atoms. The molecule has 0 amide bonds. The van der Waals surface area contributed by atoms with Crippen LogP contribution >= 0.6 is 0 Å². The summed E-state index contributed by atoms with van der Waals surface area (Å²) in [7, 11) is -0.543. The van der Waals surface area contributed by atoms with Gasteiger partial charge in [0, 0.05) is 26.4 Å². The lowest BCUT2D eigenvalue weighted by Crippen LogP contribution is -2.32. The summed E-state index contributed by atoms with van der Waals surface area (Å²) in [4.78, 5) is 11.2. The average Bonchev–Trinajstić information content (AvgIpc) is 2.56. The van der Waals surface area contributed by atoms with Gasteiger partial charge in [0.25, 0.3) is 0 Å². The largest absolute Gasteiger partial charge is 0.303 e. The van der Waals surface area contributed by atoms with Crippen molar-refractivity contribution in [2.24, 2.45) is 0 Å². The monoisotopic (exact) mass is 331 g/mol. The summed E-state index contributed by atoms with van der Waals surface area (Å²) < 4.78 is 27.1. The number of rotatable bonds is 7. The van der Waals surface area contributed by atoms with Crippen LogP contribution in [0.2, 0.25) is 0 Å². The van der Waals surface area contributed by atoms with E-state index in [9.17, 15) is 13.2 Å². The first-order valence-electron chi connectivity index (χ1n) is 7.43. The maximum Gasteiger partial charge on any atom is 0.221 e. The second-order valence-electron chi connectivity index (χ2n) is 5.58. The quantitative estimate of drug-likeness (QED) is 0.733. The highest BCUT2D eigenvalue weighted by molar-refractivity contribution is 7.89. The second kappa shape index (κ2) is 7.53. The average molecular weight is 331 g/mol. The van der Waals surface area contributed by atoms with E-state index in [1.807, 2.05) is 48.5 Å². The minimum Gasteiger partial charge on any atom is -0.303 e. The maximum atomic E-state index is 12.9. The van der Waals surface area contributed by atoms with E-state index in [0.29, 0.717) is 5.56 Å². The van der Waals surface area contributed by atoms with Gasteiger partial charge in [-0.3, -0.25) is 0 Å². The fraction of sp³-hybridized carbons (Fsp3) is 0.278. The molecule has 0 heterocycles. The molecule has 2 atom stereocenters. The molecule has 0 saturated heterocycles. The molecule has 5 heteroatoms. The van der Waals surface area contributed by atoms with E-state index in [1.54, 1.807) is 12.1 Å². The van der Waals surface area contributed by atoms with Gasteiger partial charge in [-0.25, -0.2) is 12.7 Å². The minimum atomic E-state index is -3.59. The van der Waals surface area contributed by atoms with Crippen LogP contribution in [-0.2, 0) is 14.8 Å². The Bertz CT molecular complexity index is 727. The molecule has 0 aliphatic carbocycles. The second-order valence-corrected chi connectivity index (χ2v) is 7.85. The molecular formula is C18H21NO3S. The van der Waals surface area contributed by atoms with Gasteiger partial charge in [-0.2, -0.15) is 0 Å². The topological polar surface area (TPSA) is 54.5 Å². The summed E-state index contributed by atoms with van der Waals surface area (Å²) in [6.07, 6.45) is 0.940. The normalized spacial score (nSPS) is 14.4. The summed E-state index contributed by atoms with van der Waals surface area (Å²) in [5, 5.41) is -0.800. The number of carbonyl (C=O) groups excluding carboxylic acids is 1. The Balaban J connectivity index is 2.61. The number of hydrogen-bond acceptors (Lipinski definition) is 3. The van der Waals surface area contributed by atoms with Gasteiger partial charge in [0.2, 0.25) is 10.0 Å². The van der Waals surface area contributed by atoms with Crippen LogP contribution in [0.3, 0.4) is 0 Å². The lowest BCUT2D eigenvalue weighted by atomic mass is 9.89. The van der Waals surface area contributed by atoms with E-state index in [4.69, 9.17) is 0 Å². The van der Waals surface area contributed by atoms with Crippen LogP contribution in [0.25, 0.3) is 0 Å². The lowest BCUT2D eigenvalue weighted by Gasteiger charge is -2.29. The molecule has 2 rings (SSSR count). The number of hydrogen-bond donors (Lipinski definition) is 0. The first-order chi connectivity index (χ1) is 11.0. The van der Waals surface area contributed by atoms with Crippen LogP contribution in [0.5, 0.6) is 0 Å². The summed E-state index contributed by atoms with van der Waals surface area (Å²) in [5.41, 5.74) is 1.54. The molecule has 0 aliphatic rings. The van der Waals surface area contributed by atoms with Gasteiger partial charge in [-0.1, -0.05) is 60.7 Å². The third-order valence-corrected chi connectivity index (χ3v) is 6.16. The van der Waals surface area contributed by atoms with Crippen molar-refractivity contribution in [3.8, 4) is 0 Å². The molecule has 2 unspecified atom stereocenters. The van der Waals surface area contributed by atoms with Crippen molar-refractivity contribution in [2.45, 2.75) is 17.6 Å². The van der Waals surface area contributed by atoms with Crippen LogP contribution in [-0.4, -0.2) is 33.1 Å². The highest BCUT2D eigenvalue weighted by Gasteiger charge is 2.37. The summed E-state index contributed by atoms with van der Waals surface area (Å²) >= 11 is 0. The SMILES string of the molecule is CN(C)S(=O)(=O)C(c1ccccc1)C(CC=O)c1ccccc1.